The van der Waals surface area contributed by atoms with Gasteiger partial charge in [0.05, 0.1) is 11.4 Å². The van der Waals surface area contributed by atoms with Gasteiger partial charge in [-0.2, -0.15) is 4.31 Å². The number of benzene rings is 1. The minimum atomic E-state index is -3.60. The van der Waals surface area contributed by atoms with Gasteiger partial charge in [-0.05, 0) is 36.5 Å². The number of fused-ring (bicyclic) bond motifs is 1. The first kappa shape index (κ1) is 16.7. The lowest BCUT2D eigenvalue weighted by atomic mass is 9.98. The molecule has 1 amide bonds. The van der Waals surface area contributed by atoms with Crippen molar-refractivity contribution in [1.82, 2.24) is 9.62 Å². The second-order valence-corrected chi connectivity index (χ2v) is 7.31. The molecule has 1 N–H and O–H groups in total. The molecule has 22 heavy (non-hydrogen) atoms. The molecule has 0 aliphatic heterocycles. The number of carbonyl (C=O) groups is 1. The highest BCUT2D eigenvalue weighted by Crippen LogP contribution is 2.28. The van der Waals surface area contributed by atoms with Gasteiger partial charge in [-0.3, -0.25) is 4.79 Å². The van der Waals surface area contributed by atoms with Crippen molar-refractivity contribution in [2.75, 3.05) is 20.1 Å². The molecule has 1 aromatic carbocycles. The van der Waals surface area contributed by atoms with Gasteiger partial charge in [0.15, 0.2) is 0 Å². The van der Waals surface area contributed by atoms with Gasteiger partial charge in [0.2, 0.25) is 15.9 Å². The van der Waals surface area contributed by atoms with Crippen molar-refractivity contribution in [3.05, 3.63) is 40.3 Å². The average Bonchev–Trinajstić information content (AvgIpc) is 2.53. The van der Waals surface area contributed by atoms with Crippen molar-refractivity contribution in [1.29, 1.82) is 0 Å². The van der Waals surface area contributed by atoms with Crippen molar-refractivity contribution >= 4 is 22.0 Å². The van der Waals surface area contributed by atoms with Crippen LogP contribution in [0.1, 0.15) is 30.9 Å². The molecule has 0 aromatic heterocycles. The molecule has 0 saturated carbocycles. The van der Waals surface area contributed by atoms with Crippen LogP contribution in [0.5, 0.6) is 0 Å². The summed E-state index contributed by atoms with van der Waals surface area (Å²) >= 11 is 0. The van der Waals surface area contributed by atoms with E-state index in [0.717, 1.165) is 11.1 Å². The first-order valence-electron chi connectivity index (χ1n) is 7.48. The van der Waals surface area contributed by atoms with Crippen LogP contribution in [-0.4, -0.2) is 38.8 Å². The summed E-state index contributed by atoms with van der Waals surface area (Å²) in [6, 6.07) is 7.80. The van der Waals surface area contributed by atoms with E-state index in [0.29, 0.717) is 30.7 Å². The fraction of sp³-hybridized carbons (Fsp3) is 0.438. The van der Waals surface area contributed by atoms with E-state index in [4.69, 9.17) is 0 Å². The number of carbonyl (C=O) groups excluding carboxylic acids is 1. The molecule has 1 aromatic rings. The topological polar surface area (TPSA) is 66.5 Å². The first-order chi connectivity index (χ1) is 10.5. The van der Waals surface area contributed by atoms with Crippen LogP contribution < -0.4 is 5.32 Å². The lowest BCUT2D eigenvalue weighted by Crippen LogP contribution is -2.40. The molecule has 0 atom stereocenters. The molecule has 0 heterocycles. The molecule has 1 aliphatic carbocycles. The van der Waals surface area contributed by atoms with E-state index in [1.165, 1.54) is 11.4 Å². The molecule has 0 saturated heterocycles. The SMILES string of the molecule is CCCN(CC(=O)NC)S(=O)(=O)C1=Cc2ccccc2CC1. The third-order valence-electron chi connectivity index (χ3n) is 3.76. The number of amides is 1. The Morgan fingerprint density at radius 3 is 2.68 bits per heavy atom. The Morgan fingerprint density at radius 1 is 1.27 bits per heavy atom. The second kappa shape index (κ2) is 7.07. The molecule has 1 aliphatic rings. The van der Waals surface area contributed by atoms with E-state index in [9.17, 15) is 13.2 Å². The number of sulfonamides is 1. The van der Waals surface area contributed by atoms with Crippen molar-refractivity contribution in [2.24, 2.45) is 0 Å². The van der Waals surface area contributed by atoms with Crippen LogP contribution in [0.3, 0.4) is 0 Å². The van der Waals surface area contributed by atoms with Crippen LogP contribution in [0.4, 0.5) is 0 Å². The maximum atomic E-state index is 12.8. The zero-order valence-electron chi connectivity index (χ0n) is 13.0. The van der Waals surface area contributed by atoms with E-state index >= 15 is 0 Å². The third kappa shape index (κ3) is 3.56. The highest BCUT2D eigenvalue weighted by Gasteiger charge is 2.29. The van der Waals surface area contributed by atoms with E-state index in [-0.39, 0.29) is 12.5 Å². The van der Waals surface area contributed by atoms with Crippen LogP contribution >= 0.6 is 0 Å². The zero-order chi connectivity index (χ0) is 16.2. The van der Waals surface area contributed by atoms with Crippen LogP contribution in [0.2, 0.25) is 0 Å². The first-order valence-corrected chi connectivity index (χ1v) is 8.92. The summed E-state index contributed by atoms with van der Waals surface area (Å²) in [7, 11) is -2.09. The second-order valence-electron chi connectivity index (χ2n) is 5.32. The molecule has 6 heteroatoms. The lowest BCUT2D eigenvalue weighted by molar-refractivity contribution is -0.120. The van der Waals surface area contributed by atoms with Crippen molar-refractivity contribution in [3.8, 4) is 0 Å². The number of hydrogen-bond donors (Lipinski definition) is 1. The molecule has 5 nitrogen and oxygen atoms in total. The van der Waals surface area contributed by atoms with Gasteiger partial charge >= 0.3 is 0 Å². The third-order valence-corrected chi connectivity index (χ3v) is 5.73. The maximum absolute atomic E-state index is 12.8. The molecule has 0 radical (unpaired) electrons. The number of aryl methyl sites for hydroxylation is 1. The van der Waals surface area contributed by atoms with Crippen LogP contribution in [0.25, 0.3) is 6.08 Å². The lowest BCUT2D eigenvalue weighted by Gasteiger charge is -2.24. The summed E-state index contributed by atoms with van der Waals surface area (Å²) in [6.45, 7) is 2.11. The summed E-state index contributed by atoms with van der Waals surface area (Å²) < 4.78 is 26.9. The summed E-state index contributed by atoms with van der Waals surface area (Å²) in [6.07, 6.45) is 3.59. The predicted octanol–water partition coefficient (Wildman–Crippen LogP) is 1.76. The minimum Gasteiger partial charge on any atom is -0.358 e. The molecule has 0 bridgehead atoms. The van der Waals surface area contributed by atoms with Gasteiger partial charge in [0.25, 0.3) is 0 Å². The van der Waals surface area contributed by atoms with E-state index in [1.807, 2.05) is 31.2 Å². The van der Waals surface area contributed by atoms with Gasteiger partial charge in [0, 0.05) is 13.6 Å². The molecule has 120 valence electrons. The van der Waals surface area contributed by atoms with Crippen molar-refractivity contribution < 1.29 is 13.2 Å². The van der Waals surface area contributed by atoms with Gasteiger partial charge in [-0.1, -0.05) is 31.2 Å². The van der Waals surface area contributed by atoms with Crippen LogP contribution in [0, 0.1) is 0 Å². The largest absolute Gasteiger partial charge is 0.358 e. The summed E-state index contributed by atoms with van der Waals surface area (Å²) in [4.78, 5) is 12.0. The van der Waals surface area contributed by atoms with E-state index < -0.39 is 10.0 Å². The fourth-order valence-electron chi connectivity index (χ4n) is 2.55. The Morgan fingerprint density at radius 2 is 2.00 bits per heavy atom. The van der Waals surface area contributed by atoms with Crippen LogP contribution in [-0.2, 0) is 21.2 Å². The summed E-state index contributed by atoms with van der Waals surface area (Å²) in [5.74, 6) is -0.297. The number of rotatable bonds is 6. The van der Waals surface area contributed by atoms with Crippen LogP contribution in [0.15, 0.2) is 29.2 Å². The Kier molecular flexibility index (Phi) is 5.37. The highest BCUT2D eigenvalue weighted by molar-refractivity contribution is 7.93. The molecule has 0 fully saturated rings. The monoisotopic (exact) mass is 322 g/mol. The van der Waals surface area contributed by atoms with Gasteiger partial charge in [0.1, 0.15) is 0 Å². The Bertz CT molecular complexity index is 680. The minimum absolute atomic E-state index is 0.133. The summed E-state index contributed by atoms with van der Waals surface area (Å²) in [5, 5.41) is 2.48. The Labute approximate surface area is 132 Å². The van der Waals surface area contributed by atoms with Crippen molar-refractivity contribution in [3.63, 3.8) is 0 Å². The maximum Gasteiger partial charge on any atom is 0.239 e. The smallest absolute Gasteiger partial charge is 0.239 e. The normalized spacial score (nSPS) is 14.4. The average molecular weight is 322 g/mol. The van der Waals surface area contributed by atoms with Gasteiger partial charge in [-0.25, -0.2) is 8.42 Å². The molecule has 2 rings (SSSR count). The predicted molar refractivity (Wildman–Crippen MR) is 87.6 cm³/mol. The molecule has 0 unspecified atom stereocenters. The highest BCUT2D eigenvalue weighted by atomic mass is 32.2. The standard InChI is InChI=1S/C16H22N2O3S/c1-3-10-18(12-16(19)17-2)22(20,21)15-9-8-13-6-4-5-7-14(13)11-15/h4-7,11H,3,8-10,12H2,1-2H3,(H,17,19). The number of hydrogen-bond acceptors (Lipinski definition) is 3. The summed E-state index contributed by atoms with van der Waals surface area (Å²) in [5.41, 5.74) is 2.11. The fourth-order valence-corrected chi connectivity index (χ4v) is 4.23. The number of allylic oxidation sites excluding steroid dienone is 1. The molecule has 0 spiro atoms. The van der Waals surface area contributed by atoms with E-state index in [2.05, 4.69) is 5.32 Å². The zero-order valence-corrected chi connectivity index (χ0v) is 13.8. The Hall–Kier alpha value is -1.66. The van der Waals surface area contributed by atoms with Crippen molar-refractivity contribution in [2.45, 2.75) is 26.2 Å². The number of nitrogens with zero attached hydrogens (tertiary/aromatic N) is 1. The number of likely N-dealkylation sites (N-methyl/N-ethyl adjacent to an activating group) is 1. The number of nitrogens with one attached hydrogen (secondary N) is 1. The molecular weight excluding hydrogens is 300 g/mol. The molecular formula is C16H22N2O3S. The van der Waals surface area contributed by atoms with Gasteiger partial charge < -0.3 is 5.32 Å². The quantitative estimate of drug-likeness (QED) is 0.868. The van der Waals surface area contributed by atoms with E-state index in [1.54, 1.807) is 6.08 Å². The Balaban J connectivity index is 2.32. The van der Waals surface area contributed by atoms with Gasteiger partial charge in [-0.15, -0.1) is 0 Å².